The number of ether oxygens (including phenoxy) is 1. The second kappa shape index (κ2) is 6.27. The Morgan fingerprint density at radius 3 is 2.71 bits per heavy atom. The molecule has 0 unspecified atom stereocenters. The normalized spacial score (nSPS) is 11.0. The zero-order valence-corrected chi connectivity index (χ0v) is 13.2. The van der Waals surface area contributed by atoms with Crippen LogP contribution in [0.2, 0.25) is 0 Å². The van der Waals surface area contributed by atoms with Gasteiger partial charge in [-0.05, 0) is 36.6 Å². The molecule has 1 aromatic heterocycles. The number of nitrogens with zero attached hydrogens (tertiary/aromatic N) is 1. The smallest absolute Gasteiger partial charge is 0.129 e. The fraction of sp³-hybridized carbons (Fsp3) is 0.278. The van der Waals surface area contributed by atoms with Crippen LogP contribution in [0.25, 0.3) is 20.8 Å². The quantitative estimate of drug-likeness (QED) is 0.636. The molecule has 0 N–H and O–H groups in total. The van der Waals surface area contributed by atoms with Crippen molar-refractivity contribution in [2.24, 2.45) is 0 Å². The van der Waals surface area contributed by atoms with Crippen LogP contribution >= 0.6 is 11.3 Å². The molecule has 3 aromatic rings. The molecule has 21 heavy (non-hydrogen) atoms. The highest BCUT2D eigenvalue weighted by Gasteiger charge is 2.15. The second-order valence-electron chi connectivity index (χ2n) is 5.08. The first kappa shape index (κ1) is 14.1. The lowest BCUT2D eigenvalue weighted by Crippen LogP contribution is -1.94. The average molecular weight is 297 g/mol. The van der Waals surface area contributed by atoms with Crippen LogP contribution in [-0.2, 0) is 6.42 Å². The van der Waals surface area contributed by atoms with Gasteiger partial charge in [-0.25, -0.2) is 4.98 Å². The molecule has 0 fully saturated rings. The van der Waals surface area contributed by atoms with Crippen molar-refractivity contribution in [3.05, 3.63) is 48.0 Å². The number of hydrogen-bond acceptors (Lipinski definition) is 3. The third-order valence-electron chi connectivity index (χ3n) is 3.64. The van der Waals surface area contributed by atoms with E-state index in [1.165, 1.54) is 23.1 Å². The van der Waals surface area contributed by atoms with Crippen molar-refractivity contribution >= 4 is 21.6 Å². The molecule has 0 saturated heterocycles. The first-order valence-electron chi connectivity index (χ1n) is 7.35. The summed E-state index contributed by atoms with van der Waals surface area (Å²) in [5.74, 6) is 0.919. The summed E-state index contributed by atoms with van der Waals surface area (Å²) >= 11 is 1.74. The predicted molar refractivity (Wildman–Crippen MR) is 90.2 cm³/mol. The fourth-order valence-corrected chi connectivity index (χ4v) is 3.60. The maximum absolute atomic E-state index is 5.58. The van der Waals surface area contributed by atoms with Crippen LogP contribution in [0.3, 0.4) is 0 Å². The number of benzene rings is 2. The number of aromatic nitrogens is 1. The maximum Gasteiger partial charge on any atom is 0.129 e. The zero-order valence-electron chi connectivity index (χ0n) is 12.4. The Kier molecular flexibility index (Phi) is 4.20. The van der Waals surface area contributed by atoms with E-state index in [0.29, 0.717) is 0 Å². The SMILES string of the molecule is CCCCc1cccc(OC)c1-c1nc2ccccc2s1. The van der Waals surface area contributed by atoms with Gasteiger partial charge in [0, 0.05) is 0 Å². The number of fused-ring (bicyclic) bond motifs is 1. The Morgan fingerprint density at radius 1 is 1.10 bits per heavy atom. The number of methoxy groups -OCH3 is 1. The molecule has 0 bridgehead atoms. The topological polar surface area (TPSA) is 22.1 Å². The van der Waals surface area contributed by atoms with Crippen molar-refractivity contribution in [1.82, 2.24) is 4.98 Å². The molecular weight excluding hydrogens is 278 g/mol. The Bertz CT molecular complexity index is 715. The van der Waals surface area contributed by atoms with Gasteiger partial charge >= 0.3 is 0 Å². The van der Waals surface area contributed by atoms with Gasteiger partial charge in [-0.15, -0.1) is 11.3 Å². The van der Waals surface area contributed by atoms with Crippen LogP contribution in [0.15, 0.2) is 42.5 Å². The predicted octanol–water partition coefficient (Wildman–Crippen LogP) is 5.31. The summed E-state index contributed by atoms with van der Waals surface area (Å²) in [6.07, 6.45) is 3.44. The van der Waals surface area contributed by atoms with E-state index in [0.717, 1.165) is 28.3 Å². The van der Waals surface area contributed by atoms with Crippen LogP contribution in [-0.4, -0.2) is 12.1 Å². The van der Waals surface area contributed by atoms with Crippen LogP contribution in [0.1, 0.15) is 25.3 Å². The minimum absolute atomic E-state index is 0.919. The minimum Gasteiger partial charge on any atom is -0.496 e. The van der Waals surface area contributed by atoms with Gasteiger partial charge in [-0.1, -0.05) is 37.6 Å². The number of unbranched alkanes of at least 4 members (excludes halogenated alkanes) is 1. The van der Waals surface area contributed by atoms with Gasteiger partial charge in [-0.3, -0.25) is 0 Å². The molecule has 0 saturated carbocycles. The van der Waals surface area contributed by atoms with Crippen molar-refractivity contribution in [1.29, 1.82) is 0 Å². The molecule has 2 nitrogen and oxygen atoms in total. The van der Waals surface area contributed by atoms with Crippen molar-refractivity contribution in [3.8, 4) is 16.3 Å². The lowest BCUT2D eigenvalue weighted by Gasteiger charge is -2.11. The highest BCUT2D eigenvalue weighted by molar-refractivity contribution is 7.21. The summed E-state index contributed by atoms with van der Waals surface area (Å²) in [5.41, 5.74) is 3.55. The summed E-state index contributed by atoms with van der Waals surface area (Å²) in [6.45, 7) is 2.22. The average Bonchev–Trinajstić information content (AvgIpc) is 2.95. The third-order valence-corrected chi connectivity index (χ3v) is 4.69. The lowest BCUT2D eigenvalue weighted by molar-refractivity contribution is 0.416. The first-order valence-corrected chi connectivity index (χ1v) is 8.17. The molecule has 1 heterocycles. The largest absolute Gasteiger partial charge is 0.496 e. The molecule has 0 aliphatic heterocycles. The minimum atomic E-state index is 0.919. The molecule has 0 spiro atoms. The van der Waals surface area contributed by atoms with Gasteiger partial charge in [-0.2, -0.15) is 0 Å². The standard InChI is InChI=1S/C18H19NOS/c1-3-4-8-13-9-7-11-15(20-2)17(13)18-19-14-10-5-6-12-16(14)21-18/h5-7,9-12H,3-4,8H2,1-2H3. The Morgan fingerprint density at radius 2 is 1.95 bits per heavy atom. The van der Waals surface area contributed by atoms with Crippen molar-refractivity contribution in [2.45, 2.75) is 26.2 Å². The van der Waals surface area contributed by atoms with Crippen molar-refractivity contribution < 1.29 is 4.74 Å². The van der Waals surface area contributed by atoms with Gasteiger partial charge in [0.2, 0.25) is 0 Å². The van der Waals surface area contributed by atoms with E-state index in [2.05, 4.69) is 37.3 Å². The van der Waals surface area contributed by atoms with Crippen LogP contribution < -0.4 is 4.74 Å². The summed E-state index contributed by atoms with van der Waals surface area (Å²) in [6, 6.07) is 14.6. The molecule has 0 aliphatic carbocycles. The van der Waals surface area contributed by atoms with Gasteiger partial charge in [0.15, 0.2) is 0 Å². The Hall–Kier alpha value is -1.87. The number of rotatable bonds is 5. The van der Waals surface area contributed by atoms with E-state index in [-0.39, 0.29) is 0 Å². The highest BCUT2D eigenvalue weighted by atomic mass is 32.1. The van der Waals surface area contributed by atoms with E-state index in [1.807, 2.05) is 12.1 Å². The van der Waals surface area contributed by atoms with Crippen molar-refractivity contribution in [3.63, 3.8) is 0 Å². The maximum atomic E-state index is 5.58. The van der Waals surface area contributed by atoms with Crippen molar-refractivity contribution in [2.75, 3.05) is 7.11 Å². The van der Waals surface area contributed by atoms with Crippen LogP contribution in [0, 0.1) is 0 Å². The number of thiazole rings is 1. The number of para-hydroxylation sites is 1. The van der Waals surface area contributed by atoms with Crippen LogP contribution in [0.5, 0.6) is 5.75 Å². The summed E-state index contributed by atoms with van der Waals surface area (Å²) < 4.78 is 6.81. The Labute approximate surface area is 129 Å². The highest BCUT2D eigenvalue weighted by Crippen LogP contribution is 2.38. The van der Waals surface area contributed by atoms with E-state index >= 15 is 0 Å². The molecule has 0 amide bonds. The van der Waals surface area contributed by atoms with E-state index in [1.54, 1.807) is 18.4 Å². The molecule has 2 aromatic carbocycles. The fourth-order valence-electron chi connectivity index (χ4n) is 2.54. The van der Waals surface area contributed by atoms with Crippen LogP contribution in [0.4, 0.5) is 0 Å². The molecular formula is C18H19NOS. The molecule has 0 aliphatic rings. The lowest BCUT2D eigenvalue weighted by atomic mass is 10.0. The number of hydrogen-bond donors (Lipinski definition) is 0. The summed E-state index contributed by atoms with van der Waals surface area (Å²) in [4.78, 5) is 4.80. The molecule has 0 atom stereocenters. The van der Waals surface area contributed by atoms with E-state index < -0.39 is 0 Å². The van der Waals surface area contributed by atoms with E-state index in [9.17, 15) is 0 Å². The van der Waals surface area contributed by atoms with E-state index in [4.69, 9.17) is 9.72 Å². The Balaban J connectivity index is 2.14. The molecule has 3 rings (SSSR count). The molecule has 3 heteroatoms. The van der Waals surface area contributed by atoms with Gasteiger partial charge in [0.1, 0.15) is 10.8 Å². The monoisotopic (exact) mass is 297 g/mol. The molecule has 108 valence electrons. The summed E-state index contributed by atoms with van der Waals surface area (Å²) in [7, 11) is 1.73. The second-order valence-corrected chi connectivity index (χ2v) is 6.12. The molecule has 0 radical (unpaired) electrons. The van der Waals surface area contributed by atoms with Gasteiger partial charge < -0.3 is 4.74 Å². The first-order chi connectivity index (χ1) is 10.3. The van der Waals surface area contributed by atoms with Gasteiger partial charge in [0.05, 0.1) is 22.9 Å². The third kappa shape index (κ3) is 2.79. The van der Waals surface area contributed by atoms with Gasteiger partial charge in [0.25, 0.3) is 0 Å². The number of aryl methyl sites for hydroxylation is 1. The zero-order chi connectivity index (χ0) is 14.7. The summed E-state index contributed by atoms with van der Waals surface area (Å²) in [5, 5.41) is 1.06.